The van der Waals surface area contributed by atoms with E-state index >= 15 is 0 Å². The summed E-state index contributed by atoms with van der Waals surface area (Å²) < 4.78 is 3.94. The number of rotatable bonds is 6. The predicted molar refractivity (Wildman–Crippen MR) is 71.1 cm³/mol. The number of nitrogens with two attached hydrogens (primary N) is 1. The van der Waals surface area contributed by atoms with Crippen LogP contribution in [0, 0.1) is 0 Å². The second kappa shape index (κ2) is 5.82. The van der Waals surface area contributed by atoms with E-state index in [0.29, 0.717) is 0 Å². The average Bonchev–Trinajstić information content (AvgIpc) is 2.96. The van der Waals surface area contributed by atoms with E-state index in [1.165, 1.54) is 5.56 Å². The van der Waals surface area contributed by atoms with E-state index in [2.05, 4.69) is 27.8 Å². The van der Waals surface area contributed by atoms with Gasteiger partial charge < -0.3 is 10.3 Å². The molecule has 0 aliphatic rings. The van der Waals surface area contributed by atoms with Crippen LogP contribution in [0.3, 0.4) is 0 Å². The third kappa shape index (κ3) is 3.43. The Morgan fingerprint density at radius 1 is 1.39 bits per heavy atom. The number of hydrogen-bond donors (Lipinski definition) is 1. The van der Waals surface area contributed by atoms with Crippen molar-refractivity contribution in [2.75, 3.05) is 0 Å². The van der Waals surface area contributed by atoms with Crippen molar-refractivity contribution in [2.45, 2.75) is 38.8 Å². The Kier molecular flexibility index (Phi) is 4.15. The number of nitrogens with zero attached hydrogens (tertiary/aromatic N) is 4. The second-order valence-corrected chi connectivity index (χ2v) is 4.75. The summed E-state index contributed by atoms with van der Waals surface area (Å²) in [6.45, 7) is 3.03. The van der Waals surface area contributed by atoms with Gasteiger partial charge in [-0.15, -0.1) is 0 Å². The molecule has 98 valence electrons. The van der Waals surface area contributed by atoms with Gasteiger partial charge in [0, 0.05) is 38.4 Å². The molecule has 18 heavy (non-hydrogen) atoms. The van der Waals surface area contributed by atoms with E-state index in [0.717, 1.165) is 31.5 Å². The minimum atomic E-state index is 0.215. The third-order valence-corrected chi connectivity index (χ3v) is 3.10. The van der Waals surface area contributed by atoms with Crippen LogP contribution in [-0.2, 0) is 26.4 Å². The first kappa shape index (κ1) is 12.8. The molecule has 0 aromatic carbocycles. The van der Waals surface area contributed by atoms with Gasteiger partial charge in [0.15, 0.2) is 0 Å². The summed E-state index contributed by atoms with van der Waals surface area (Å²) in [7, 11) is 1.94. The molecule has 2 N–H and O–H groups in total. The largest absolute Gasteiger partial charge is 0.337 e. The molecule has 2 rings (SSSR count). The fraction of sp³-hybridized carbons (Fsp3) is 0.538. The van der Waals surface area contributed by atoms with Crippen LogP contribution >= 0.6 is 0 Å². The highest BCUT2D eigenvalue weighted by Gasteiger charge is 2.05. The Morgan fingerprint density at radius 3 is 2.89 bits per heavy atom. The van der Waals surface area contributed by atoms with E-state index in [-0.39, 0.29) is 6.04 Å². The molecule has 0 bridgehead atoms. The monoisotopic (exact) mass is 247 g/mol. The van der Waals surface area contributed by atoms with Gasteiger partial charge in [-0.05, 0) is 18.4 Å². The molecule has 0 aliphatic heterocycles. The van der Waals surface area contributed by atoms with Gasteiger partial charge in [-0.25, -0.2) is 4.98 Å². The molecule has 5 nitrogen and oxygen atoms in total. The molecule has 0 fully saturated rings. The van der Waals surface area contributed by atoms with Crippen molar-refractivity contribution in [1.82, 2.24) is 19.3 Å². The van der Waals surface area contributed by atoms with Crippen molar-refractivity contribution in [2.24, 2.45) is 12.8 Å². The summed E-state index contributed by atoms with van der Waals surface area (Å²) in [6.07, 6.45) is 10.7. The van der Waals surface area contributed by atoms with Crippen LogP contribution in [0.5, 0.6) is 0 Å². The Bertz CT molecular complexity index is 485. The lowest BCUT2D eigenvalue weighted by molar-refractivity contribution is 0.636. The summed E-state index contributed by atoms with van der Waals surface area (Å²) in [6, 6.07) is 0.215. The van der Waals surface area contributed by atoms with Gasteiger partial charge in [-0.1, -0.05) is 6.92 Å². The molecule has 2 aromatic heterocycles. The fourth-order valence-corrected chi connectivity index (χ4v) is 1.91. The summed E-state index contributed by atoms with van der Waals surface area (Å²) >= 11 is 0. The standard InChI is InChI=1S/C13H21N5/c1-3-12(14)6-13-9-18(10-15-13)5-4-11-7-16-17(2)8-11/h7-10,12H,3-6,14H2,1-2H3. The van der Waals surface area contributed by atoms with Crippen LogP contribution in [0.1, 0.15) is 24.6 Å². The molecule has 1 atom stereocenters. The molecule has 0 amide bonds. The first-order chi connectivity index (χ1) is 8.67. The summed E-state index contributed by atoms with van der Waals surface area (Å²) in [4.78, 5) is 4.38. The van der Waals surface area contributed by atoms with Crippen molar-refractivity contribution < 1.29 is 0 Å². The molecule has 5 heteroatoms. The van der Waals surface area contributed by atoms with Crippen LogP contribution in [0.15, 0.2) is 24.9 Å². The number of aromatic nitrogens is 4. The van der Waals surface area contributed by atoms with Crippen molar-refractivity contribution in [3.8, 4) is 0 Å². The SMILES string of the molecule is CCC(N)Cc1cn(CCc2cnn(C)c2)cn1. The quantitative estimate of drug-likeness (QED) is 0.832. The lowest BCUT2D eigenvalue weighted by atomic mass is 10.1. The van der Waals surface area contributed by atoms with Gasteiger partial charge in [-0.2, -0.15) is 5.10 Å². The Labute approximate surface area is 108 Å². The highest BCUT2D eigenvalue weighted by Crippen LogP contribution is 2.04. The van der Waals surface area contributed by atoms with Crippen molar-refractivity contribution in [3.63, 3.8) is 0 Å². The van der Waals surface area contributed by atoms with Gasteiger partial charge in [0.2, 0.25) is 0 Å². The van der Waals surface area contributed by atoms with E-state index < -0.39 is 0 Å². The minimum Gasteiger partial charge on any atom is -0.337 e. The zero-order valence-electron chi connectivity index (χ0n) is 11.1. The Morgan fingerprint density at radius 2 is 2.22 bits per heavy atom. The first-order valence-electron chi connectivity index (χ1n) is 6.41. The molecule has 0 saturated heterocycles. The van der Waals surface area contributed by atoms with Crippen molar-refractivity contribution >= 4 is 0 Å². The van der Waals surface area contributed by atoms with E-state index in [9.17, 15) is 0 Å². The molecule has 1 unspecified atom stereocenters. The highest BCUT2D eigenvalue weighted by molar-refractivity contribution is 5.04. The topological polar surface area (TPSA) is 61.7 Å². The maximum atomic E-state index is 5.92. The minimum absolute atomic E-state index is 0.215. The molecule has 0 radical (unpaired) electrons. The van der Waals surface area contributed by atoms with Gasteiger partial charge in [0.1, 0.15) is 0 Å². The molecule has 2 aromatic rings. The second-order valence-electron chi connectivity index (χ2n) is 4.75. The van der Waals surface area contributed by atoms with E-state index in [4.69, 9.17) is 5.73 Å². The predicted octanol–water partition coefficient (Wildman–Crippen LogP) is 1.14. The number of aryl methyl sites for hydroxylation is 3. The van der Waals surface area contributed by atoms with Crippen molar-refractivity contribution in [1.29, 1.82) is 0 Å². The highest BCUT2D eigenvalue weighted by atomic mass is 15.2. The van der Waals surface area contributed by atoms with Gasteiger partial charge in [0.25, 0.3) is 0 Å². The molecular formula is C13H21N5. The Hall–Kier alpha value is -1.62. The van der Waals surface area contributed by atoms with Crippen LogP contribution < -0.4 is 5.73 Å². The molecule has 2 heterocycles. The van der Waals surface area contributed by atoms with Gasteiger partial charge in [-0.3, -0.25) is 4.68 Å². The third-order valence-electron chi connectivity index (χ3n) is 3.10. The van der Waals surface area contributed by atoms with E-state index in [1.54, 1.807) is 0 Å². The summed E-state index contributed by atoms with van der Waals surface area (Å²) in [5, 5.41) is 4.16. The zero-order chi connectivity index (χ0) is 13.0. The van der Waals surface area contributed by atoms with Crippen LogP contribution in [0.25, 0.3) is 0 Å². The molecule has 0 spiro atoms. The normalized spacial score (nSPS) is 12.8. The lowest BCUT2D eigenvalue weighted by Gasteiger charge is -2.04. The first-order valence-corrected chi connectivity index (χ1v) is 6.41. The lowest BCUT2D eigenvalue weighted by Crippen LogP contribution is -2.21. The molecular weight excluding hydrogens is 226 g/mol. The maximum absolute atomic E-state index is 5.92. The molecule has 0 saturated carbocycles. The smallest absolute Gasteiger partial charge is 0.0949 e. The average molecular weight is 247 g/mol. The number of hydrogen-bond acceptors (Lipinski definition) is 3. The van der Waals surface area contributed by atoms with E-state index in [1.807, 2.05) is 30.5 Å². The van der Waals surface area contributed by atoms with Gasteiger partial charge >= 0.3 is 0 Å². The van der Waals surface area contributed by atoms with Crippen LogP contribution in [0.2, 0.25) is 0 Å². The van der Waals surface area contributed by atoms with Crippen LogP contribution in [-0.4, -0.2) is 25.4 Å². The molecule has 0 aliphatic carbocycles. The summed E-state index contributed by atoms with van der Waals surface area (Å²) in [5.74, 6) is 0. The summed E-state index contributed by atoms with van der Waals surface area (Å²) in [5.41, 5.74) is 8.25. The maximum Gasteiger partial charge on any atom is 0.0949 e. The number of imidazole rings is 1. The fourth-order valence-electron chi connectivity index (χ4n) is 1.91. The van der Waals surface area contributed by atoms with Crippen molar-refractivity contribution in [3.05, 3.63) is 36.2 Å². The zero-order valence-corrected chi connectivity index (χ0v) is 11.1. The van der Waals surface area contributed by atoms with Crippen LogP contribution in [0.4, 0.5) is 0 Å². The Balaban J connectivity index is 1.86. The van der Waals surface area contributed by atoms with Gasteiger partial charge in [0.05, 0.1) is 18.2 Å².